The van der Waals surface area contributed by atoms with Gasteiger partial charge in [-0.25, -0.2) is 0 Å². The number of nitriles is 1. The molecule has 94 valence electrons. The highest BCUT2D eigenvalue weighted by atomic mass is 19.4. The average Bonchev–Trinajstić information content (AvgIpc) is 2.13. The largest absolute Gasteiger partial charge is 0.390 e. The zero-order chi connectivity index (χ0) is 12.8. The van der Waals surface area contributed by atoms with Crippen molar-refractivity contribution in [1.29, 1.82) is 5.26 Å². The number of halogens is 3. The maximum Gasteiger partial charge on any atom is 0.390 e. The third-order valence-electron chi connectivity index (χ3n) is 2.27. The van der Waals surface area contributed by atoms with Gasteiger partial charge >= 0.3 is 6.18 Å². The molecule has 0 saturated heterocycles. The van der Waals surface area contributed by atoms with Gasteiger partial charge in [0, 0.05) is 6.54 Å². The fourth-order valence-corrected chi connectivity index (χ4v) is 1.20. The van der Waals surface area contributed by atoms with E-state index in [2.05, 4.69) is 0 Å². The predicted molar refractivity (Wildman–Crippen MR) is 55.6 cm³/mol. The Hall–Kier alpha value is -0.800. The van der Waals surface area contributed by atoms with Gasteiger partial charge in [-0.3, -0.25) is 0 Å². The van der Waals surface area contributed by atoms with Crippen LogP contribution in [0.25, 0.3) is 0 Å². The van der Waals surface area contributed by atoms with Gasteiger partial charge in [-0.1, -0.05) is 0 Å². The Balaban J connectivity index is 3.68. The SMILES string of the molecule is CN(CCCC(C)(N)C#N)CCC(F)(F)F. The van der Waals surface area contributed by atoms with E-state index in [4.69, 9.17) is 11.0 Å². The number of hydrogen-bond donors (Lipinski definition) is 1. The minimum absolute atomic E-state index is 0.0165. The van der Waals surface area contributed by atoms with Crippen molar-refractivity contribution in [3.05, 3.63) is 0 Å². The molecule has 0 aromatic rings. The molecule has 0 saturated carbocycles. The molecule has 0 radical (unpaired) electrons. The lowest BCUT2D eigenvalue weighted by molar-refractivity contribution is -0.137. The summed E-state index contributed by atoms with van der Waals surface area (Å²) in [5, 5.41) is 8.63. The summed E-state index contributed by atoms with van der Waals surface area (Å²) in [6, 6.07) is 1.95. The molecule has 0 aliphatic heterocycles. The van der Waals surface area contributed by atoms with E-state index in [0.717, 1.165) is 0 Å². The Morgan fingerprint density at radius 1 is 1.25 bits per heavy atom. The van der Waals surface area contributed by atoms with E-state index in [0.29, 0.717) is 19.4 Å². The standard InChI is InChI=1S/C10H18F3N3/c1-9(15,8-14)4-3-6-16(2)7-5-10(11,12)13/h3-7,15H2,1-2H3. The topological polar surface area (TPSA) is 53.0 Å². The molecule has 6 heteroatoms. The zero-order valence-electron chi connectivity index (χ0n) is 9.64. The highest BCUT2D eigenvalue weighted by molar-refractivity contribution is 5.00. The number of nitrogens with two attached hydrogens (primary N) is 1. The lowest BCUT2D eigenvalue weighted by atomic mass is 9.99. The van der Waals surface area contributed by atoms with Gasteiger partial charge < -0.3 is 10.6 Å². The molecule has 0 heterocycles. The van der Waals surface area contributed by atoms with Crippen LogP contribution in [-0.4, -0.2) is 36.8 Å². The zero-order valence-corrected chi connectivity index (χ0v) is 9.64. The van der Waals surface area contributed by atoms with Crippen LogP contribution in [-0.2, 0) is 0 Å². The summed E-state index contributed by atoms with van der Waals surface area (Å²) in [7, 11) is 1.63. The highest BCUT2D eigenvalue weighted by Crippen LogP contribution is 2.19. The molecule has 0 aliphatic rings. The van der Waals surface area contributed by atoms with Crippen molar-refractivity contribution in [2.75, 3.05) is 20.1 Å². The maximum absolute atomic E-state index is 11.9. The molecule has 0 aromatic heterocycles. The van der Waals surface area contributed by atoms with E-state index >= 15 is 0 Å². The average molecular weight is 237 g/mol. The van der Waals surface area contributed by atoms with Gasteiger partial charge in [-0.2, -0.15) is 18.4 Å². The second kappa shape index (κ2) is 6.06. The van der Waals surface area contributed by atoms with Crippen molar-refractivity contribution in [2.24, 2.45) is 5.73 Å². The smallest absolute Gasteiger partial charge is 0.314 e. The van der Waals surface area contributed by atoms with Gasteiger partial charge in [0.2, 0.25) is 0 Å². The predicted octanol–water partition coefficient (Wildman–Crippen LogP) is 1.89. The van der Waals surface area contributed by atoms with Crippen LogP contribution in [0.4, 0.5) is 13.2 Å². The highest BCUT2D eigenvalue weighted by Gasteiger charge is 2.27. The summed E-state index contributed by atoms with van der Waals surface area (Å²) in [5.41, 5.74) is 4.70. The molecule has 1 unspecified atom stereocenters. The molecule has 0 aromatic carbocycles. The molecule has 1 atom stereocenters. The molecule has 0 fully saturated rings. The van der Waals surface area contributed by atoms with E-state index in [9.17, 15) is 13.2 Å². The van der Waals surface area contributed by atoms with Gasteiger partial charge in [0.25, 0.3) is 0 Å². The molecule has 0 bridgehead atoms. The second-order valence-electron chi connectivity index (χ2n) is 4.30. The van der Waals surface area contributed by atoms with Gasteiger partial charge in [0.15, 0.2) is 0 Å². The molecule has 0 rings (SSSR count). The van der Waals surface area contributed by atoms with E-state index < -0.39 is 18.1 Å². The van der Waals surface area contributed by atoms with Crippen molar-refractivity contribution < 1.29 is 13.2 Å². The minimum atomic E-state index is -4.11. The molecule has 3 nitrogen and oxygen atoms in total. The van der Waals surface area contributed by atoms with Crippen LogP contribution in [0.1, 0.15) is 26.2 Å². The van der Waals surface area contributed by atoms with Crippen molar-refractivity contribution in [1.82, 2.24) is 4.90 Å². The van der Waals surface area contributed by atoms with Crippen molar-refractivity contribution in [3.8, 4) is 6.07 Å². The quantitative estimate of drug-likeness (QED) is 0.767. The van der Waals surface area contributed by atoms with Gasteiger partial charge in [0.1, 0.15) is 5.54 Å². The normalized spacial score (nSPS) is 15.9. The molecule has 0 spiro atoms. The van der Waals surface area contributed by atoms with Gasteiger partial charge in [-0.15, -0.1) is 0 Å². The van der Waals surface area contributed by atoms with Crippen LogP contribution in [0.2, 0.25) is 0 Å². The Morgan fingerprint density at radius 2 is 1.81 bits per heavy atom. The first-order chi connectivity index (χ1) is 7.16. The monoisotopic (exact) mass is 237 g/mol. The summed E-state index contributed by atoms with van der Waals surface area (Å²) < 4.78 is 35.7. The lowest BCUT2D eigenvalue weighted by Gasteiger charge is -2.20. The number of hydrogen-bond acceptors (Lipinski definition) is 3. The lowest BCUT2D eigenvalue weighted by Crippen LogP contribution is -2.35. The molecular formula is C10H18F3N3. The van der Waals surface area contributed by atoms with E-state index in [1.807, 2.05) is 6.07 Å². The first kappa shape index (κ1) is 15.2. The van der Waals surface area contributed by atoms with Gasteiger partial charge in [0.05, 0.1) is 12.5 Å². The fourth-order valence-electron chi connectivity index (χ4n) is 1.20. The van der Waals surface area contributed by atoms with E-state index in [-0.39, 0.29) is 6.54 Å². The Bertz CT molecular complexity index is 243. The summed E-state index contributed by atoms with van der Waals surface area (Å²) in [6.45, 7) is 2.12. The van der Waals surface area contributed by atoms with Crippen LogP contribution >= 0.6 is 0 Å². The first-order valence-electron chi connectivity index (χ1n) is 5.12. The van der Waals surface area contributed by atoms with Crippen LogP contribution in [0.15, 0.2) is 0 Å². The number of rotatable bonds is 6. The molecule has 0 aliphatic carbocycles. The number of alkyl halides is 3. The third-order valence-corrected chi connectivity index (χ3v) is 2.27. The van der Waals surface area contributed by atoms with Crippen LogP contribution < -0.4 is 5.73 Å². The van der Waals surface area contributed by atoms with Crippen LogP contribution in [0.3, 0.4) is 0 Å². The number of nitrogens with zero attached hydrogens (tertiary/aromatic N) is 2. The molecular weight excluding hydrogens is 219 g/mol. The first-order valence-corrected chi connectivity index (χ1v) is 5.12. The van der Waals surface area contributed by atoms with Crippen molar-refractivity contribution in [2.45, 2.75) is 37.9 Å². The van der Waals surface area contributed by atoms with E-state index in [1.54, 1.807) is 18.9 Å². The Labute approximate surface area is 94.0 Å². The third kappa shape index (κ3) is 8.50. The van der Waals surface area contributed by atoms with E-state index in [1.165, 1.54) is 0 Å². The Kier molecular flexibility index (Phi) is 5.76. The summed E-state index contributed by atoms with van der Waals surface area (Å²) in [4.78, 5) is 1.60. The van der Waals surface area contributed by atoms with Crippen LogP contribution in [0.5, 0.6) is 0 Å². The van der Waals surface area contributed by atoms with Crippen molar-refractivity contribution in [3.63, 3.8) is 0 Å². The second-order valence-corrected chi connectivity index (χ2v) is 4.30. The summed E-state index contributed by atoms with van der Waals surface area (Å²) in [5.74, 6) is 0. The summed E-state index contributed by atoms with van der Waals surface area (Å²) >= 11 is 0. The van der Waals surface area contributed by atoms with Crippen molar-refractivity contribution >= 4 is 0 Å². The van der Waals surface area contributed by atoms with Gasteiger partial charge in [-0.05, 0) is 33.4 Å². The fraction of sp³-hybridized carbons (Fsp3) is 0.900. The van der Waals surface area contributed by atoms with Crippen LogP contribution in [0, 0.1) is 11.3 Å². The minimum Gasteiger partial charge on any atom is -0.314 e. The Morgan fingerprint density at radius 3 is 2.25 bits per heavy atom. The molecule has 2 N–H and O–H groups in total. The maximum atomic E-state index is 11.9. The molecule has 0 amide bonds. The molecule has 16 heavy (non-hydrogen) atoms. The summed E-state index contributed by atoms with van der Waals surface area (Å²) in [6.07, 6.45) is -3.81.